The van der Waals surface area contributed by atoms with Gasteiger partial charge in [0.05, 0.1) is 5.69 Å². The first-order valence-electron chi connectivity index (χ1n) is 8.82. The minimum atomic E-state index is 0.510. The molecule has 0 N–H and O–H groups in total. The Labute approximate surface area is 138 Å². The van der Waals surface area contributed by atoms with E-state index in [0.29, 0.717) is 18.0 Å². The second-order valence-corrected chi connectivity index (χ2v) is 6.72. The summed E-state index contributed by atoms with van der Waals surface area (Å²) in [4.78, 5) is 7.44. The summed E-state index contributed by atoms with van der Waals surface area (Å²) in [7, 11) is 0. The zero-order chi connectivity index (χ0) is 15.6. The van der Waals surface area contributed by atoms with Gasteiger partial charge < -0.3 is 0 Å². The summed E-state index contributed by atoms with van der Waals surface area (Å²) in [6, 6.07) is 16.0. The number of piperidine rings is 1. The molecule has 3 heterocycles. The predicted molar refractivity (Wildman–Crippen MR) is 95.1 cm³/mol. The van der Waals surface area contributed by atoms with Crippen LogP contribution in [-0.4, -0.2) is 22.5 Å². The highest BCUT2D eigenvalue weighted by Crippen LogP contribution is 2.43. The van der Waals surface area contributed by atoms with E-state index in [1.807, 2.05) is 6.07 Å². The Morgan fingerprint density at radius 3 is 2.57 bits per heavy atom. The van der Waals surface area contributed by atoms with E-state index >= 15 is 0 Å². The molecule has 2 aromatic rings. The number of hydrogen-bond donors (Lipinski definition) is 0. The van der Waals surface area contributed by atoms with Gasteiger partial charge in [0, 0.05) is 23.8 Å². The van der Waals surface area contributed by atoms with Gasteiger partial charge in [-0.3, -0.25) is 9.88 Å². The molecule has 0 saturated carbocycles. The van der Waals surface area contributed by atoms with Crippen molar-refractivity contribution in [1.29, 1.82) is 0 Å². The molecule has 2 heteroatoms. The smallest absolute Gasteiger partial charge is 0.0702 e. The van der Waals surface area contributed by atoms with Crippen molar-refractivity contribution in [2.75, 3.05) is 6.54 Å². The molecule has 2 aliphatic heterocycles. The topological polar surface area (TPSA) is 16.1 Å². The van der Waals surface area contributed by atoms with Crippen molar-refractivity contribution in [1.82, 2.24) is 9.88 Å². The third-order valence-corrected chi connectivity index (χ3v) is 5.24. The van der Waals surface area contributed by atoms with E-state index in [-0.39, 0.29) is 0 Å². The number of nitrogens with zero attached hydrogens (tertiary/aromatic N) is 2. The molecule has 2 nitrogen and oxygen atoms in total. The van der Waals surface area contributed by atoms with Gasteiger partial charge in [0.25, 0.3) is 0 Å². The summed E-state index contributed by atoms with van der Waals surface area (Å²) in [6.07, 6.45) is 10.8. The number of fused-ring (bicyclic) bond motifs is 2. The normalized spacial score (nSPS) is 26.6. The van der Waals surface area contributed by atoms with Gasteiger partial charge in [0.15, 0.2) is 0 Å². The van der Waals surface area contributed by atoms with E-state index in [4.69, 9.17) is 4.98 Å². The van der Waals surface area contributed by atoms with Gasteiger partial charge in [-0.15, -0.1) is 0 Å². The lowest BCUT2D eigenvalue weighted by molar-refractivity contribution is 0.0636. The number of benzene rings is 1. The predicted octanol–water partition coefficient (Wildman–Crippen LogP) is 4.85. The van der Waals surface area contributed by atoms with Crippen LogP contribution in [0.2, 0.25) is 0 Å². The fourth-order valence-corrected chi connectivity index (χ4v) is 4.18. The van der Waals surface area contributed by atoms with Crippen LogP contribution in [0.1, 0.15) is 37.8 Å². The molecule has 1 aromatic carbocycles. The summed E-state index contributed by atoms with van der Waals surface area (Å²) < 4.78 is 0. The quantitative estimate of drug-likeness (QED) is 0.751. The van der Waals surface area contributed by atoms with Crippen LogP contribution in [0.25, 0.3) is 11.3 Å². The molecule has 118 valence electrons. The fourth-order valence-electron chi connectivity index (χ4n) is 4.18. The van der Waals surface area contributed by atoms with E-state index in [9.17, 15) is 0 Å². The van der Waals surface area contributed by atoms with Crippen LogP contribution >= 0.6 is 0 Å². The average Bonchev–Trinajstić information content (AvgIpc) is 2.64. The van der Waals surface area contributed by atoms with Crippen molar-refractivity contribution in [3.8, 4) is 11.3 Å². The first kappa shape index (κ1) is 14.6. The molecule has 2 bridgehead atoms. The summed E-state index contributed by atoms with van der Waals surface area (Å²) in [6.45, 7) is 3.45. The van der Waals surface area contributed by atoms with Crippen molar-refractivity contribution in [3.05, 3.63) is 66.4 Å². The molecule has 0 amide bonds. The molecule has 23 heavy (non-hydrogen) atoms. The molecule has 0 radical (unpaired) electrons. The molecule has 0 spiro atoms. The third kappa shape index (κ3) is 2.72. The van der Waals surface area contributed by atoms with Crippen LogP contribution in [0, 0.1) is 5.92 Å². The van der Waals surface area contributed by atoms with E-state index in [0.717, 1.165) is 5.69 Å². The zero-order valence-corrected chi connectivity index (χ0v) is 13.7. The van der Waals surface area contributed by atoms with Crippen molar-refractivity contribution in [3.63, 3.8) is 0 Å². The van der Waals surface area contributed by atoms with Crippen molar-refractivity contribution >= 4 is 0 Å². The second kappa shape index (κ2) is 6.29. The number of rotatable bonds is 4. The molecule has 1 aromatic heterocycles. The van der Waals surface area contributed by atoms with Gasteiger partial charge in [-0.1, -0.05) is 55.5 Å². The number of hydrogen-bond acceptors (Lipinski definition) is 2. The summed E-state index contributed by atoms with van der Waals surface area (Å²) in [5, 5.41) is 0. The Balaban J connectivity index is 1.63. The Bertz CT molecular complexity index is 675. The summed E-state index contributed by atoms with van der Waals surface area (Å²) >= 11 is 0. The number of pyridine rings is 1. The van der Waals surface area contributed by atoms with Crippen LogP contribution < -0.4 is 0 Å². The van der Waals surface area contributed by atoms with Gasteiger partial charge in [-0.2, -0.15) is 0 Å². The Kier molecular flexibility index (Phi) is 4.00. The maximum Gasteiger partial charge on any atom is 0.0702 e. The van der Waals surface area contributed by atoms with Crippen LogP contribution in [0.15, 0.2) is 60.8 Å². The van der Waals surface area contributed by atoms with Gasteiger partial charge in [0.1, 0.15) is 0 Å². The Morgan fingerprint density at radius 2 is 1.91 bits per heavy atom. The average molecular weight is 304 g/mol. The van der Waals surface area contributed by atoms with Crippen LogP contribution in [-0.2, 0) is 0 Å². The highest BCUT2D eigenvalue weighted by Gasteiger charge is 2.38. The minimum absolute atomic E-state index is 0.510. The summed E-state index contributed by atoms with van der Waals surface area (Å²) in [5.74, 6) is 0.649. The standard InChI is InChI=1S/C21H24N2/c1-2-14-23-19-11-8-17(9-12-19)21(23)18-10-13-20(22-15-18)16-6-4-3-5-7-16/h3-8,10-11,13,15,17,19,21H,2,9,12,14H2,1H3. The minimum Gasteiger partial charge on any atom is -0.289 e. The molecule has 3 aliphatic rings. The zero-order valence-electron chi connectivity index (χ0n) is 13.7. The lowest BCUT2D eigenvalue weighted by atomic mass is 9.77. The van der Waals surface area contributed by atoms with Gasteiger partial charge >= 0.3 is 0 Å². The fraction of sp³-hybridized carbons (Fsp3) is 0.381. The Morgan fingerprint density at radius 1 is 1.04 bits per heavy atom. The second-order valence-electron chi connectivity index (χ2n) is 6.72. The molecule has 5 rings (SSSR count). The Hall–Kier alpha value is -1.93. The maximum atomic E-state index is 4.75. The lowest BCUT2D eigenvalue weighted by Crippen LogP contribution is -2.47. The van der Waals surface area contributed by atoms with E-state index in [1.54, 1.807) is 0 Å². The molecule has 1 fully saturated rings. The van der Waals surface area contributed by atoms with E-state index in [1.165, 1.54) is 36.9 Å². The third-order valence-electron chi connectivity index (χ3n) is 5.24. The molecule has 3 atom stereocenters. The monoisotopic (exact) mass is 304 g/mol. The van der Waals surface area contributed by atoms with Gasteiger partial charge in [-0.05, 0) is 43.4 Å². The number of aromatic nitrogens is 1. The van der Waals surface area contributed by atoms with E-state index < -0.39 is 0 Å². The highest BCUT2D eigenvalue weighted by molar-refractivity contribution is 5.58. The van der Waals surface area contributed by atoms with E-state index in [2.05, 4.69) is 66.6 Å². The first-order valence-corrected chi connectivity index (χ1v) is 8.82. The molecule has 3 unspecified atom stereocenters. The van der Waals surface area contributed by atoms with Crippen molar-refractivity contribution in [2.45, 2.75) is 38.3 Å². The van der Waals surface area contributed by atoms with Crippen molar-refractivity contribution in [2.24, 2.45) is 5.92 Å². The molecular weight excluding hydrogens is 280 g/mol. The summed E-state index contributed by atoms with van der Waals surface area (Å²) in [5.41, 5.74) is 3.62. The van der Waals surface area contributed by atoms with Gasteiger partial charge in [0.2, 0.25) is 0 Å². The van der Waals surface area contributed by atoms with Crippen LogP contribution in [0.5, 0.6) is 0 Å². The maximum absolute atomic E-state index is 4.75. The largest absolute Gasteiger partial charge is 0.289 e. The lowest BCUT2D eigenvalue weighted by Gasteiger charge is -2.48. The van der Waals surface area contributed by atoms with Crippen LogP contribution in [0.3, 0.4) is 0 Å². The SMILES string of the molecule is CCCN1C2C=CC(CC2)C1c1ccc(-c2ccccc2)nc1. The van der Waals surface area contributed by atoms with Crippen LogP contribution in [0.4, 0.5) is 0 Å². The highest BCUT2D eigenvalue weighted by atomic mass is 15.2. The van der Waals surface area contributed by atoms with Gasteiger partial charge in [-0.25, -0.2) is 0 Å². The molecular formula is C21H24N2. The molecule has 1 aliphatic carbocycles. The molecule has 1 saturated heterocycles. The van der Waals surface area contributed by atoms with Crippen molar-refractivity contribution < 1.29 is 0 Å². The first-order chi connectivity index (χ1) is 11.4.